The van der Waals surface area contributed by atoms with Crippen LogP contribution in [0.25, 0.3) is 0 Å². The highest BCUT2D eigenvalue weighted by atomic mass is 16.5. The van der Waals surface area contributed by atoms with E-state index >= 15 is 0 Å². The van der Waals surface area contributed by atoms with Crippen LogP contribution >= 0.6 is 0 Å². The molecule has 0 radical (unpaired) electrons. The molecular weight excluding hydrogens is 238 g/mol. The molecule has 1 aromatic rings. The average molecular weight is 253 g/mol. The van der Waals surface area contributed by atoms with E-state index in [1.807, 2.05) is 0 Å². The van der Waals surface area contributed by atoms with Gasteiger partial charge < -0.3 is 19.5 Å². The molecule has 1 amide bonds. The largest absolute Gasteiger partial charge is 0.493 e. The maximum absolute atomic E-state index is 11.3. The summed E-state index contributed by atoms with van der Waals surface area (Å²) in [5.41, 5.74) is 0.393. The van der Waals surface area contributed by atoms with Gasteiger partial charge >= 0.3 is 0 Å². The standard InChI is InChI=1S/C12H15NO5/c1-7(14)12(15)13-8-5-9(16-2)11(18-4)10(6-8)17-3/h5-6H,1-4H3,(H,13,15). The van der Waals surface area contributed by atoms with Crippen LogP contribution < -0.4 is 19.5 Å². The number of Topliss-reactive ketones (excluding diaryl/α,β-unsaturated/α-hetero) is 1. The van der Waals surface area contributed by atoms with E-state index in [0.29, 0.717) is 22.9 Å². The summed E-state index contributed by atoms with van der Waals surface area (Å²) in [6, 6.07) is 3.09. The normalized spacial score (nSPS) is 9.56. The first-order valence-electron chi connectivity index (χ1n) is 5.15. The minimum absolute atomic E-state index is 0.393. The van der Waals surface area contributed by atoms with Crippen molar-refractivity contribution in [3.05, 3.63) is 12.1 Å². The molecule has 0 atom stereocenters. The van der Waals surface area contributed by atoms with E-state index in [1.54, 1.807) is 12.1 Å². The summed E-state index contributed by atoms with van der Waals surface area (Å²) >= 11 is 0. The maximum atomic E-state index is 11.3. The smallest absolute Gasteiger partial charge is 0.291 e. The molecule has 1 rings (SSSR count). The number of ketones is 1. The molecule has 18 heavy (non-hydrogen) atoms. The van der Waals surface area contributed by atoms with E-state index in [4.69, 9.17) is 14.2 Å². The number of carbonyl (C=O) groups excluding carboxylic acids is 2. The van der Waals surface area contributed by atoms with Crippen molar-refractivity contribution in [1.82, 2.24) is 0 Å². The van der Waals surface area contributed by atoms with Gasteiger partial charge in [0.1, 0.15) is 0 Å². The molecule has 1 N–H and O–H groups in total. The second-order valence-corrected chi connectivity index (χ2v) is 3.42. The van der Waals surface area contributed by atoms with E-state index in [2.05, 4.69) is 5.32 Å². The van der Waals surface area contributed by atoms with Crippen molar-refractivity contribution >= 4 is 17.4 Å². The zero-order valence-electron chi connectivity index (χ0n) is 10.7. The molecule has 0 heterocycles. The Balaban J connectivity index is 3.15. The Bertz CT molecular complexity index is 445. The number of hydrogen-bond donors (Lipinski definition) is 1. The molecule has 98 valence electrons. The fourth-order valence-corrected chi connectivity index (χ4v) is 1.37. The molecule has 0 aliphatic rings. The second-order valence-electron chi connectivity index (χ2n) is 3.42. The van der Waals surface area contributed by atoms with Crippen LogP contribution in [0, 0.1) is 0 Å². The summed E-state index contributed by atoms with van der Waals surface area (Å²) in [7, 11) is 4.41. The third-order valence-corrected chi connectivity index (χ3v) is 2.24. The van der Waals surface area contributed by atoms with E-state index in [9.17, 15) is 9.59 Å². The van der Waals surface area contributed by atoms with Gasteiger partial charge in [-0.3, -0.25) is 9.59 Å². The Morgan fingerprint density at radius 1 is 1.00 bits per heavy atom. The van der Waals surface area contributed by atoms with Gasteiger partial charge in [-0.25, -0.2) is 0 Å². The zero-order valence-corrected chi connectivity index (χ0v) is 10.7. The molecule has 0 unspecified atom stereocenters. The van der Waals surface area contributed by atoms with Crippen molar-refractivity contribution in [1.29, 1.82) is 0 Å². The number of ether oxygens (including phenoxy) is 3. The molecule has 0 fully saturated rings. The van der Waals surface area contributed by atoms with Crippen molar-refractivity contribution < 1.29 is 23.8 Å². The molecule has 0 saturated heterocycles. The first kappa shape index (κ1) is 13.8. The summed E-state index contributed by atoms with van der Waals surface area (Å²) in [4.78, 5) is 22.2. The van der Waals surface area contributed by atoms with Crippen LogP contribution in [0.15, 0.2) is 12.1 Å². The fraction of sp³-hybridized carbons (Fsp3) is 0.333. The van der Waals surface area contributed by atoms with Crippen LogP contribution in [0.4, 0.5) is 5.69 Å². The summed E-state index contributed by atoms with van der Waals surface area (Å²) in [6.07, 6.45) is 0. The van der Waals surface area contributed by atoms with Crippen LogP contribution in [0.5, 0.6) is 17.2 Å². The lowest BCUT2D eigenvalue weighted by molar-refractivity contribution is -0.133. The molecule has 0 aromatic heterocycles. The lowest BCUT2D eigenvalue weighted by atomic mass is 10.2. The van der Waals surface area contributed by atoms with Gasteiger partial charge in [0.05, 0.1) is 21.3 Å². The summed E-state index contributed by atoms with van der Waals surface area (Å²) in [5.74, 6) is -0.0692. The number of amides is 1. The predicted octanol–water partition coefficient (Wildman–Crippen LogP) is 1.24. The predicted molar refractivity (Wildman–Crippen MR) is 65.4 cm³/mol. The number of benzene rings is 1. The third kappa shape index (κ3) is 2.91. The topological polar surface area (TPSA) is 73.9 Å². The Morgan fingerprint density at radius 3 is 1.83 bits per heavy atom. The van der Waals surface area contributed by atoms with E-state index in [0.717, 1.165) is 0 Å². The number of nitrogens with one attached hydrogen (secondary N) is 1. The number of methoxy groups -OCH3 is 3. The lowest BCUT2D eigenvalue weighted by Gasteiger charge is -2.14. The third-order valence-electron chi connectivity index (χ3n) is 2.24. The highest BCUT2D eigenvalue weighted by molar-refractivity contribution is 6.39. The van der Waals surface area contributed by atoms with Gasteiger partial charge in [-0.2, -0.15) is 0 Å². The van der Waals surface area contributed by atoms with Crippen molar-refractivity contribution in [2.75, 3.05) is 26.6 Å². The van der Waals surface area contributed by atoms with E-state index < -0.39 is 11.7 Å². The Kier molecular flexibility index (Phi) is 4.53. The summed E-state index contributed by atoms with van der Waals surface area (Å²) < 4.78 is 15.4. The first-order valence-corrected chi connectivity index (χ1v) is 5.15. The number of anilines is 1. The molecule has 0 aliphatic carbocycles. The minimum atomic E-state index is -0.704. The van der Waals surface area contributed by atoms with Crippen LogP contribution in [0.2, 0.25) is 0 Å². The molecule has 6 heteroatoms. The van der Waals surface area contributed by atoms with Gasteiger partial charge in [0.15, 0.2) is 11.5 Å². The van der Waals surface area contributed by atoms with Gasteiger partial charge in [-0.1, -0.05) is 0 Å². The van der Waals surface area contributed by atoms with Crippen molar-refractivity contribution in [3.8, 4) is 17.2 Å². The minimum Gasteiger partial charge on any atom is -0.493 e. The Labute approximate surface area is 105 Å². The van der Waals surface area contributed by atoms with E-state index in [-0.39, 0.29) is 0 Å². The number of rotatable bonds is 5. The maximum Gasteiger partial charge on any atom is 0.291 e. The van der Waals surface area contributed by atoms with E-state index in [1.165, 1.54) is 28.3 Å². The van der Waals surface area contributed by atoms with Crippen molar-refractivity contribution in [3.63, 3.8) is 0 Å². The number of carbonyl (C=O) groups is 2. The van der Waals surface area contributed by atoms with Crippen LogP contribution in [0.3, 0.4) is 0 Å². The highest BCUT2D eigenvalue weighted by Gasteiger charge is 2.15. The summed E-state index contributed by atoms with van der Waals surface area (Å²) in [5, 5.41) is 2.44. The van der Waals surface area contributed by atoms with Gasteiger partial charge in [0, 0.05) is 24.7 Å². The van der Waals surface area contributed by atoms with Crippen LogP contribution in [-0.2, 0) is 9.59 Å². The Morgan fingerprint density at radius 2 is 1.50 bits per heavy atom. The zero-order chi connectivity index (χ0) is 13.7. The van der Waals surface area contributed by atoms with Crippen molar-refractivity contribution in [2.45, 2.75) is 6.92 Å². The van der Waals surface area contributed by atoms with Gasteiger partial charge in [0.25, 0.3) is 5.91 Å². The van der Waals surface area contributed by atoms with Crippen molar-refractivity contribution in [2.24, 2.45) is 0 Å². The summed E-state index contributed by atoms with van der Waals surface area (Å²) in [6.45, 7) is 1.19. The lowest BCUT2D eigenvalue weighted by Crippen LogP contribution is -2.19. The molecule has 0 spiro atoms. The quantitative estimate of drug-likeness (QED) is 0.799. The molecule has 6 nitrogen and oxygen atoms in total. The van der Waals surface area contributed by atoms with Gasteiger partial charge in [-0.05, 0) is 0 Å². The average Bonchev–Trinajstić information content (AvgIpc) is 2.37. The first-order chi connectivity index (χ1) is 8.53. The monoisotopic (exact) mass is 253 g/mol. The molecule has 0 saturated carbocycles. The highest BCUT2D eigenvalue weighted by Crippen LogP contribution is 2.39. The Hall–Kier alpha value is -2.24. The second kappa shape index (κ2) is 5.90. The number of hydrogen-bond acceptors (Lipinski definition) is 5. The van der Waals surface area contributed by atoms with Crippen LogP contribution in [0.1, 0.15) is 6.92 Å². The van der Waals surface area contributed by atoms with Crippen LogP contribution in [-0.4, -0.2) is 33.0 Å². The molecule has 1 aromatic carbocycles. The molecule has 0 aliphatic heterocycles. The van der Waals surface area contributed by atoms with Gasteiger partial charge in [-0.15, -0.1) is 0 Å². The fourth-order valence-electron chi connectivity index (χ4n) is 1.37. The van der Waals surface area contributed by atoms with Gasteiger partial charge in [0.2, 0.25) is 11.5 Å². The molecular formula is C12H15NO5. The SMILES string of the molecule is COc1cc(NC(=O)C(C)=O)cc(OC)c1OC. The molecule has 0 bridgehead atoms.